The Morgan fingerprint density at radius 2 is 1.87 bits per heavy atom. The molecule has 2 aromatic rings. The normalized spacial score (nSPS) is 20.5. The fourth-order valence-electron chi connectivity index (χ4n) is 4.70. The van der Waals surface area contributed by atoms with Gasteiger partial charge in [0.25, 0.3) is 0 Å². The van der Waals surface area contributed by atoms with Crippen molar-refractivity contribution < 1.29 is 18.3 Å². The van der Waals surface area contributed by atoms with Crippen molar-refractivity contribution in [2.45, 2.75) is 50.6 Å². The van der Waals surface area contributed by atoms with E-state index in [0.717, 1.165) is 54.9 Å². The highest BCUT2D eigenvalue weighted by molar-refractivity contribution is 7.89. The number of piperidine rings is 1. The number of sulfone groups is 1. The summed E-state index contributed by atoms with van der Waals surface area (Å²) in [6.07, 6.45) is 6.31. The highest BCUT2D eigenvalue weighted by Crippen LogP contribution is 2.36. The van der Waals surface area contributed by atoms with Gasteiger partial charge in [0.1, 0.15) is 11.9 Å². The molecular weight excluding hydrogens is 412 g/mol. The number of fused-ring (bicyclic) bond motifs is 1. The van der Waals surface area contributed by atoms with E-state index in [4.69, 9.17) is 4.74 Å². The predicted octanol–water partition coefficient (Wildman–Crippen LogP) is 3.08. The van der Waals surface area contributed by atoms with E-state index in [9.17, 15) is 13.5 Å². The number of aromatic nitrogens is 1. The second-order valence-electron chi connectivity index (χ2n) is 9.73. The molecular formula is C24H32N2O4S. The minimum absolute atomic E-state index is 0.0506. The lowest BCUT2D eigenvalue weighted by Crippen LogP contribution is -2.45. The summed E-state index contributed by atoms with van der Waals surface area (Å²) < 4.78 is 29.2. The first-order valence-electron chi connectivity index (χ1n) is 10.9. The van der Waals surface area contributed by atoms with Crippen LogP contribution in [-0.2, 0) is 22.0 Å². The van der Waals surface area contributed by atoms with Gasteiger partial charge in [-0.3, -0.25) is 4.98 Å². The number of pyridine rings is 1. The van der Waals surface area contributed by atoms with Crippen LogP contribution in [0, 0.1) is 5.92 Å². The zero-order valence-corrected chi connectivity index (χ0v) is 19.4. The van der Waals surface area contributed by atoms with E-state index < -0.39 is 15.4 Å². The summed E-state index contributed by atoms with van der Waals surface area (Å²) in [7, 11) is -3.04. The number of hydrogen-bond donors (Lipinski definition) is 1. The maximum atomic E-state index is 11.5. The summed E-state index contributed by atoms with van der Waals surface area (Å²) in [5.41, 5.74) is 3.18. The molecule has 168 valence electrons. The Bertz CT molecular complexity index is 1020. The van der Waals surface area contributed by atoms with Gasteiger partial charge in [-0.05, 0) is 57.3 Å². The molecule has 1 atom stereocenters. The number of nitrogens with zero attached hydrogens (tertiary/aromatic N) is 2. The second kappa shape index (κ2) is 8.52. The lowest BCUT2D eigenvalue weighted by atomic mass is 9.88. The van der Waals surface area contributed by atoms with Gasteiger partial charge >= 0.3 is 0 Å². The third-order valence-electron chi connectivity index (χ3n) is 6.09. The van der Waals surface area contributed by atoms with E-state index in [1.54, 1.807) is 0 Å². The maximum absolute atomic E-state index is 11.5. The third-order valence-corrected chi connectivity index (χ3v) is 6.95. The monoisotopic (exact) mass is 444 g/mol. The Balaban J connectivity index is 1.39. The summed E-state index contributed by atoms with van der Waals surface area (Å²) in [6.45, 7) is 6.42. The fraction of sp³-hybridized carbons (Fsp3) is 0.542. The van der Waals surface area contributed by atoms with Crippen molar-refractivity contribution in [2.75, 3.05) is 25.9 Å². The van der Waals surface area contributed by atoms with E-state index >= 15 is 0 Å². The molecule has 7 heteroatoms. The van der Waals surface area contributed by atoms with Crippen LogP contribution < -0.4 is 4.74 Å². The first kappa shape index (κ1) is 22.2. The standard InChI is InChI=1S/C24H32N2O4S/c1-24(2,27)16-26-10-8-19(9-11-26)22-13-20-12-21(25-14-23(20)30-22)18-6-4-17(5-7-18)15-31(3,28)29/h4-7,12,14,19,22,27H,8-11,13,15-16H2,1-3H3. The maximum Gasteiger partial charge on any atom is 0.151 e. The van der Waals surface area contributed by atoms with E-state index in [1.165, 1.54) is 11.8 Å². The van der Waals surface area contributed by atoms with Crippen molar-refractivity contribution in [2.24, 2.45) is 5.92 Å². The molecule has 0 bridgehead atoms. The highest BCUT2D eigenvalue weighted by atomic mass is 32.2. The first-order chi connectivity index (χ1) is 14.6. The van der Waals surface area contributed by atoms with Crippen LogP contribution in [0.1, 0.15) is 37.8 Å². The van der Waals surface area contributed by atoms with Gasteiger partial charge in [-0.1, -0.05) is 24.3 Å². The Morgan fingerprint density at radius 1 is 1.19 bits per heavy atom. The second-order valence-corrected chi connectivity index (χ2v) is 11.9. The van der Waals surface area contributed by atoms with Gasteiger partial charge in [-0.15, -0.1) is 0 Å². The van der Waals surface area contributed by atoms with Crippen LogP contribution in [0.15, 0.2) is 36.5 Å². The van der Waals surface area contributed by atoms with Gasteiger partial charge in [0.05, 0.1) is 23.2 Å². The minimum Gasteiger partial charge on any atom is -0.488 e. The van der Waals surface area contributed by atoms with Crippen molar-refractivity contribution in [1.29, 1.82) is 0 Å². The summed E-state index contributed by atoms with van der Waals surface area (Å²) in [5, 5.41) is 10.1. The highest BCUT2D eigenvalue weighted by Gasteiger charge is 2.34. The number of aliphatic hydroxyl groups is 1. The third kappa shape index (κ3) is 5.84. The zero-order valence-electron chi connectivity index (χ0n) is 18.5. The molecule has 0 radical (unpaired) electrons. The summed E-state index contributed by atoms with van der Waals surface area (Å²) in [5.74, 6) is 1.44. The van der Waals surface area contributed by atoms with E-state index in [0.29, 0.717) is 12.5 Å². The molecule has 3 heterocycles. The fourth-order valence-corrected chi connectivity index (χ4v) is 5.49. The number of benzene rings is 1. The minimum atomic E-state index is -3.04. The van der Waals surface area contributed by atoms with Crippen LogP contribution >= 0.6 is 0 Å². The molecule has 31 heavy (non-hydrogen) atoms. The molecule has 6 nitrogen and oxygen atoms in total. The van der Waals surface area contributed by atoms with Crippen molar-refractivity contribution in [1.82, 2.24) is 9.88 Å². The van der Waals surface area contributed by atoms with Crippen molar-refractivity contribution in [3.63, 3.8) is 0 Å². The first-order valence-corrected chi connectivity index (χ1v) is 13.0. The molecule has 0 amide bonds. The molecule has 0 saturated carbocycles. The Kier molecular flexibility index (Phi) is 6.12. The van der Waals surface area contributed by atoms with Crippen LogP contribution in [-0.4, -0.2) is 61.0 Å². The van der Waals surface area contributed by atoms with Gasteiger partial charge in [0, 0.05) is 30.3 Å². The summed E-state index contributed by atoms with van der Waals surface area (Å²) in [6, 6.07) is 9.67. The Morgan fingerprint density at radius 3 is 2.48 bits per heavy atom. The van der Waals surface area contributed by atoms with E-state index in [1.807, 2.05) is 44.3 Å². The van der Waals surface area contributed by atoms with Gasteiger partial charge in [-0.25, -0.2) is 8.42 Å². The van der Waals surface area contributed by atoms with Crippen molar-refractivity contribution >= 4 is 9.84 Å². The number of rotatable bonds is 6. The van der Waals surface area contributed by atoms with Gasteiger partial charge in [-0.2, -0.15) is 0 Å². The molecule has 0 aliphatic carbocycles. The number of ether oxygens (including phenoxy) is 1. The molecule has 2 aliphatic rings. The SMILES string of the molecule is CC(C)(O)CN1CCC(C2Cc3cc(-c4ccc(CS(C)(=O)=O)cc4)ncc3O2)CC1. The lowest BCUT2D eigenvalue weighted by Gasteiger charge is -2.36. The number of β-amino-alcohol motifs (C(OH)–C–C–N with tert-alkyl or cyclic N) is 1. The van der Waals surface area contributed by atoms with Crippen LogP contribution in [0.4, 0.5) is 0 Å². The molecule has 1 saturated heterocycles. The van der Waals surface area contributed by atoms with E-state index in [-0.39, 0.29) is 11.9 Å². The average Bonchev–Trinajstić information content (AvgIpc) is 3.10. The van der Waals surface area contributed by atoms with Crippen molar-refractivity contribution in [3.05, 3.63) is 47.7 Å². The largest absolute Gasteiger partial charge is 0.488 e. The van der Waals surface area contributed by atoms with E-state index in [2.05, 4.69) is 16.0 Å². The molecule has 1 unspecified atom stereocenters. The smallest absolute Gasteiger partial charge is 0.151 e. The van der Waals surface area contributed by atoms with Crippen LogP contribution in [0.2, 0.25) is 0 Å². The number of hydrogen-bond acceptors (Lipinski definition) is 6. The van der Waals surface area contributed by atoms with Crippen LogP contribution in [0.25, 0.3) is 11.3 Å². The summed E-state index contributed by atoms with van der Waals surface area (Å²) in [4.78, 5) is 6.92. The molecule has 2 aliphatic heterocycles. The molecule has 1 aromatic heterocycles. The molecule has 1 N–H and O–H groups in total. The van der Waals surface area contributed by atoms with Gasteiger partial charge < -0.3 is 14.7 Å². The Hall–Kier alpha value is -1.96. The zero-order chi connectivity index (χ0) is 22.2. The topological polar surface area (TPSA) is 79.7 Å². The van der Waals surface area contributed by atoms with Gasteiger partial charge in [0.2, 0.25) is 0 Å². The van der Waals surface area contributed by atoms with Gasteiger partial charge in [0.15, 0.2) is 9.84 Å². The molecule has 1 aromatic carbocycles. The molecule has 0 spiro atoms. The Labute approximate surface area is 185 Å². The van der Waals surface area contributed by atoms with Crippen LogP contribution in [0.5, 0.6) is 5.75 Å². The average molecular weight is 445 g/mol. The summed E-state index contributed by atoms with van der Waals surface area (Å²) >= 11 is 0. The quantitative estimate of drug-likeness (QED) is 0.738. The molecule has 1 fully saturated rings. The van der Waals surface area contributed by atoms with Crippen molar-refractivity contribution in [3.8, 4) is 17.0 Å². The molecule has 4 rings (SSSR count). The van der Waals surface area contributed by atoms with Crippen LogP contribution in [0.3, 0.4) is 0 Å². The lowest BCUT2D eigenvalue weighted by molar-refractivity contribution is 0.0143. The number of likely N-dealkylation sites (tertiary alicyclic amines) is 1. The predicted molar refractivity (Wildman–Crippen MR) is 122 cm³/mol.